The van der Waals surface area contributed by atoms with Gasteiger partial charge in [-0.15, -0.1) is 11.8 Å². The summed E-state index contributed by atoms with van der Waals surface area (Å²) in [6.45, 7) is 0.0122. The lowest BCUT2D eigenvalue weighted by Gasteiger charge is -2.37. The number of likely N-dealkylation sites (tertiary alicyclic amines) is 1. The average Bonchev–Trinajstić information content (AvgIpc) is 3.62. The number of anilines is 1. The predicted molar refractivity (Wildman–Crippen MR) is 156 cm³/mol. The van der Waals surface area contributed by atoms with Crippen LogP contribution < -0.4 is 10.6 Å². The summed E-state index contributed by atoms with van der Waals surface area (Å²) in [6.07, 6.45) is 1.36. The molecule has 6 rings (SSSR count). The van der Waals surface area contributed by atoms with Crippen molar-refractivity contribution in [3.63, 3.8) is 0 Å². The molecule has 0 aliphatic carbocycles. The van der Waals surface area contributed by atoms with Crippen molar-refractivity contribution in [1.82, 2.24) is 10.2 Å². The van der Waals surface area contributed by atoms with Crippen LogP contribution in [0.2, 0.25) is 5.02 Å². The SMILES string of the molecule is O=C(Nc1ccccc1Cl)C1N([C@H](CO)c2ccccc2)C(=O)[C@@H]2[C@H](C(=O)NCc3ccccc3)[C@@H]3CCC12S3. The van der Waals surface area contributed by atoms with Crippen molar-refractivity contribution < 1.29 is 19.5 Å². The number of aliphatic hydroxyl groups is 1. The summed E-state index contributed by atoms with van der Waals surface area (Å²) in [7, 11) is 0. The van der Waals surface area contributed by atoms with Crippen molar-refractivity contribution in [2.75, 3.05) is 11.9 Å². The van der Waals surface area contributed by atoms with E-state index in [4.69, 9.17) is 11.6 Å². The van der Waals surface area contributed by atoms with Crippen LogP contribution >= 0.6 is 23.4 Å². The zero-order valence-electron chi connectivity index (χ0n) is 21.7. The molecule has 9 heteroatoms. The summed E-state index contributed by atoms with van der Waals surface area (Å²) in [5, 5.41) is 16.9. The van der Waals surface area contributed by atoms with Crippen molar-refractivity contribution in [3.8, 4) is 0 Å². The molecule has 0 aromatic heterocycles. The van der Waals surface area contributed by atoms with Crippen molar-refractivity contribution in [2.24, 2.45) is 11.8 Å². The summed E-state index contributed by atoms with van der Waals surface area (Å²) in [6, 6.07) is 24.2. The van der Waals surface area contributed by atoms with Crippen LogP contribution in [-0.4, -0.2) is 50.4 Å². The first-order valence-corrected chi connectivity index (χ1v) is 14.7. The molecule has 3 aromatic rings. The average molecular weight is 576 g/mol. The van der Waals surface area contributed by atoms with Crippen molar-refractivity contribution in [3.05, 3.63) is 101 Å². The van der Waals surface area contributed by atoms with Gasteiger partial charge in [-0.25, -0.2) is 0 Å². The molecular weight excluding hydrogens is 546 g/mol. The van der Waals surface area contributed by atoms with Crippen molar-refractivity contribution in [2.45, 2.75) is 41.5 Å². The van der Waals surface area contributed by atoms with Gasteiger partial charge in [0.15, 0.2) is 0 Å². The third kappa shape index (κ3) is 4.48. The highest BCUT2D eigenvalue weighted by Crippen LogP contribution is 2.67. The Bertz CT molecular complexity index is 1420. The number of carbonyl (C=O) groups excluding carboxylic acids is 3. The van der Waals surface area contributed by atoms with E-state index >= 15 is 0 Å². The van der Waals surface area contributed by atoms with Gasteiger partial charge >= 0.3 is 0 Å². The largest absolute Gasteiger partial charge is 0.394 e. The predicted octanol–water partition coefficient (Wildman–Crippen LogP) is 4.42. The Kier molecular flexibility index (Phi) is 7.33. The normalized spacial score (nSPS) is 27.4. The maximum absolute atomic E-state index is 14.4. The van der Waals surface area contributed by atoms with Gasteiger partial charge in [0.2, 0.25) is 17.7 Å². The van der Waals surface area contributed by atoms with Gasteiger partial charge in [-0.2, -0.15) is 0 Å². The Morgan fingerprint density at radius 3 is 2.38 bits per heavy atom. The highest BCUT2D eigenvalue weighted by atomic mass is 35.5. The number of hydrogen-bond acceptors (Lipinski definition) is 5. The molecule has 3 saturated heterocycles. The van der Waals surface area contributed by atoms with Crippen LogP contribution in [-0.2, 0) is 20.9 Å². The number of rotatable bonds is 8. The fourth-order valence-corrected chi connectivity index (χ4v) is 9.11. The van der Waals surface area contributed by atoms with Crippen LogP contribution in [0.1, 0.15) is 30.0 Å². The van der Waals surface area contributed by atoms with Crippen LogP contribution in [0.4, 0.5) is 5.69 Å². The van der Waals surface area contributed by atoms with Crippen LogP contribution in [0.15, 0.2) is 84.9 Å². The molecule has 3 aliphatic heterocycles. The van der Waals surface area contributed by atoms with E-state index in [9.17, 15) is 19.5 Å². The fraction of sp³-hybridized carbons (Fsp3) is 0.323. The molecule has 206 valence electrons. The maximum Gasteiger partial charge on any atom is 0.248 e. The number of nitrogens with one attached hydrogen (secondary N) is 2. The molecule has 1 spiro atoms. The van der Waals surface area contributed by atoms with Gasteiger partial charge in [0.25, 0.3) is 0 Å². The summed E-state index contributed by atoms with van der Waals surface area (Å²) < 4.78 is -0.788. The molecule has 3 fully saturated rings. The summed E-state index contributed by atoms with van der Waals surface area (Å²) in [5.74, 6) is -2.04. The van der Waals surface area contributed by atoms with E-state index in [0.717, 1.165) is 17.5 Å². The summed E-state index contributed by atoms with van der Waals surface area (Å²) in [5.41, 5.74) is 2.16. The Morgan fingerprint density at radius 2 is 1.68 bits per heavy atom. The highest BCUT2D eigenvalue weighted by Gasteiger charge is 2.74. The lowest BCUT2D eigenvalue weighted by molar-refractivity contribution is -0.142. The second-order valence-corrected chi connectivity index (χ2v) is 12.6. The zero-order chi connectivity index (χ0) is 27.9. The monoisotopic (exact) mass is 575 g/mol. The minimum Gasteiger partial charge on any atom is -0.394 e. The molecule has 2 unspecified atom stereocenters. The first kappa shape index (κ1) is 26.9. The Labute approximate surface area is 242 Å². The molecule has 3 aliphatic rings. The van der Waals surface area contributed by atoms with Crippen molar-refractivity contribution >= 4 is 46.8 Å². The number of nitrogens with zero attached hydrogens (tertiary/aromatic N) is 1. The summed E-state index contributed by atoms with van der Waals surface area (Å²) >= 11 is 7.96. The van der Waals surface area contributed by atoms with E-state index in [1.807, 2.05) is 60.7 Å². The summed E-state index contributed by atoms with van der Waals surface area (Å²) in [4.78, 5) is 43.7. The standard InChI is InChI=1S/C31H30ClN3O4S/c32-21-13-7-8-14-22(21)34-29(38)27-31-16-15-24(40-31)25(28(37)33-17-19-9-3-1-4-10-19)26(31)30(39)35(27)23(18-36)20-11-5-2-6-12-20/h1-14,23-27,36H,15-18H2,(H,33,37)(H,34,38)/t23-,24+,25-,26+,27?,31?/m1/s1. The molecule has 7 nitrogen and oxygen atoms in total. The number of benzene rings is 3. The van der Waals surface area contributed by atoms with Gasteiger partial charge in [0.05, 0.1) is 39.9 Å². The number of para-hydroxylation sites is 1. The molecule has 3 N–H and O–H groups in total. The number of carbonyl (C=O) groups is 3. The van der Waals surface area contributed by atoms with Gasteiger partial charge in [-0.1, -0.05) is 84.4 Å². The van der Waals surface area contributed by atoms with E-state index in [1.165, 1.54) is 4.90 Å². The third-order valence-corrected chi connectivity index (χ3v) is 10.7. The van der Waals surface area contributed by atoms with Crippen LogP contribution in [0.25, 0.3) is 0 Å². The van der Waals surface area contributed by atoms with Gasteiger partial charge in [-0.05, 0) is 36.1 Å². The number of hydrogen-bond donors (Lipinski definition) is 3. The molecule has 3 amide bonds. The maximum atomic E-state index is 14.4. The van der Waals surface area contributed by atoms with Crippen LogP contribution in [0.3, 0.4) is 0 Å². The molecule has 0 saturated carbocycles. The lowest BCUT2D eigenvalue weighted by Crippen LogP contribution is -2.52. The third-order valence-electron chi connectivity index (χ3n) is 8.42. The van der Waals surface area contributed by atoms with E-state index in [-0.39, 0.29) is 29.6 Å². The molecule has 6 atom stereocenters. The molecule has 2 bridgehead atoms. The van der Waals surface area contributed by atoms with E-state index < -0.39 is 28.7 Å². The first-order chi connectivity index (χ1) is 19.4. The molecule has 3 heterocycles. The van der Waals surface area contributed by atoms with Gasteiger partial charge in [-0.3, -0.25) is 14.4 Å². The molecular formula is C31H30ClN3O4S. The number of halogens is 1. The highest BCUT2D eigenvalue weighted by molar-refractivity contribution is 8.02. The van der Waals surface area contributed by atoms with Gasteiger partial charge < -0.3 is 20.6 Å². The van der Waals surface area contributed by atoms with E-state index in [1.54, 1.807) is 36.0 Å². The fourth-order valence-electron chi connectivity index (χ4n) is 6.72. The zero-order valence-corrected chi connectivity index (χ0v) is 23.3. The Balaban J connectivity index is 1.37. The second kappa shape index (κ2) is 10.9. The number of aliphatic hydroxyl groups excluding tert-OH is 1. The number of amides is 3. The second-order valence-electron chi connectivity index (χ2n) is 10.6. The van der Waals surface area contributed by atoms with Crippen LogP contribution in [0.5, 0.6) is 0 Å². The quantitative estimate of drug-likeness (QED) is 0.369. The molecule has 3 aromatic carbocycles. The molecule has 40 heavy (non-hydrogen) atoms. The van der Waals surface area contributed by atoms with Gasteiger partial charge in [0, 0.05) is 11.8 Å². The topological polar surface area (TPSA) is 98.7 Å². The minimum absolute atomic E-state index is 0.0632. The van der Waals surface area contributed by atoms with Crippen LogP contribution in [0, 0.1) is 11.8 Å². The van der Waals surface area contributed by atoms with E-state index in [2.05, 4.69) is 10.6 Å². The Hall–Kier alpha value is -3.33. The Morgan fingerprint density at radius 1 is 1.00 bits per heavy atom. The van der Waals surface area contributed by atoms with Gasteiger partial charge in [0.1, 0.15) is 6.04 Å². The van der Waals surface area contributed by atoms with Crippen molar-refractivity contribution in [1.29, 1.82) is 0 Å². The lowest BCUT2D eigenvalue weighted by atomic mass is 9.70. The number of thioether (sulfide) groups is 1. The molecule has 0 radical (unpaired) electrons. The number of fused-ring (bicyclic) bond motifs is 1. The smallest absolute Gasteiger partial charge is 0.248 e. The first-order valence-electron chi connectivity index (χ1n) is 13.5. The van der Waals surface area contributed by atoms with E-state index in [0.29, 0.717) is 23.7 Å². The minimum atomic E-state index is -0.888.